The molecule has 7 heteroatoms. The van der Waals surface area contributed by atoms with Crippen LogP contribution in [0.5, 0.6) is 0 Å². The SMILES string of the molecule is COC(=O)N1CCCC[C@H]1C(=O)N1CCC2(CC1)CC(=O)N(CC(C)C)C2. The molecular weight excluding hydrogens is 346 g/mol. The average Bonchev–Trinajstić information content (AvgIpc) is 2.95. The van der Waals surface area contributed by atoms with E-state index in [9.17, 15) is 14.4 Å². The third-order valence-electron chi connectivity index (χ3n) is 6.32. The van der Waals surface area contributed by atoms with Crippen molar-refractivity contribution in [3.05, 3.63) is 0 Å². The molecule has 3 fully saturated rings. The van der Waals surface area contributed by atoms with Crippen molar-refractivity contribution in [1.82, 2.24) is 14.7 Å². The molecule has 0 bridgehead atoms. The number of amides is 3. The van der Waals surface area contributed by atoms with E-state index in [0.29, 0.717) is 38.4 Å². The first-order valence-corrected chi connectivity index (χ1v) is 10.3. The van der Waals surface area contributed by atoms with Gasteiger partial charge in [0, 0.05) is 44.6 Å². The molecule has 7 nitrogen and oxygen atoms in total. The number of piperidine rings is 2. The van der Waals surface area contributed by atoms with Crippen LogP contribution in [0.15, 0.2) is 0 Å². The zero-order valence-corrected chi connectivity index (χ0v) is 16.9. The molecule has 152 valence electrons. The van der Waals surface area contributed by atoms with E-state index in [1.807, 2.05) is 9.80 Å². The first-order chi connectivity index (χ1) is 12.8. The Morgan fingerprint density at radius 3 is 2.52 bits per heavy atom. The highest BCUT2D eigenvalue weighted by atomic mass is 16.5. The van der Waals surface area contributed by atoms with Crippen LogP contribution in [-0.2, 0) is 14.3 Å². The van der Waals surface area contributed by atoms with E-state index >= 15 is 0 Å². The lowest BCUT2D eigenvalue weighted by Gasteiger charge is -2.42. The summed E-state index contributed by atoms with van der Waals surface area (Å²) >= 11 is 0. The van der Waals surface area contributed by atoms with Gasteiger partial charge in [-0.05, 0) is 38.0 Å². The van der Waals surface area contributed by atoms with Gasteiger partial charge in [0.15, 0.2) is 0 Å². The summed E-state index contributed by atoms with van der Waals surface area (Å²) in [6, 6.07) is -0.400. The third kappa shape index (κ3) is 4.22. The number of rotatable bonds is 3. The second kappa shape index (κ2) is 8.07. The number of methoxy groups -OCH3 is 1. The van der Waals surface area contributed by atoms with Gasteiger partial charge < -0.3 is 14.5 Å². The van der Waals surface area contributed by atoms with Crippen molar-refractivity contribution in [2.75, 3.05) is 39.8 Å². The van der Waals surface area contributed by atoms with E-state index in [0.717, 1.165) is 38.8 Å². The van der Waals surface area contributed by atoms with Crippen molar-refractivity contribution in [1.29, 1.82) is 0 Å². The summed E-state index contributed by atoms with van der Waals surface area (Å²) in [7, 11) is 1.36. The molecule has 0 aliphatic carbocycles. The van der Waals surface area contributed by atoms with Crippen molar-refractivity contribution < 1.29 is 19.1 Å². The highest BCUT2D eigenvalue weighted by molar-refractivity contribution is 5.86. The van der Waals surface area contributed by atoms with Gasteiger partial charge in [0.25, 0.3) is 0 Å². The van der Waals surface area contributed by atoms with Gasteiger partial charge >= 0.3 is 6.09 Å². The summed E-state index contributed by atoms with van der Waals surface area (Å²) in [5.74, 6) is 0.771. The highest BCUT2D eigenvalue weighted by Gasteiger charge is 2.46. The number of carbonyl (C=O) groups excluding carboxylic acids is 3. The number of nitrogens with zero attached hydrogens (tertiary/aromatic N) is 3. The summed E-state index contributed by atoms with van der Waals surface area (Å²) in [6.07, 6.45) is 4.51. The van der Waals surface area contributed by atoms with Crippen LogP contribution in [0.3, 0.4) is 0 Å². The maximum atomic E-state index is 13.1. The molecular formula is C20H33N3O4. The van der Waals surface area contributed by atoms with Crippen LogP contribution >= 0.6 is 0 Å². The van der Waals surface area contributed by atoms with E-state index in [1.165, 1.54) is 7.11 Å². The van der Waals surface area contributed by atoms with Gasteiger partial charge in [0.05, 0.1) is 7.11 Å². The normalized spacial score (nSPS) is 25.4. The summed E-state index contributed by atoms with van der Waals surface area (Å²) < 4.78 is 4.86. The van der Waals surface area contributed by atoms with Gasteiger partial charge in [0.1, 0.15) is 6.04 Å². The molecule has 0 aromatic carbocycles. The number of carbonyl (C=O) groups is 3. The molecule has 3 amide bonds. The Morgan fingerprint density at radius 2 is 1.89 bits per heavy atom. The van der Waals surface area contributed by atoms with Gasteiger partial charge in [-0.1, -0.05) is 13.8 Å². The summed E-state index contributed by atoms with van der Waals surface area (Å²) in [6.45, 7) is 7.84. The third-order valence-corrected chi connectivity index (χ3v) is 6.32. The van der Waals surface area contributed by atoms with Crippen molar-refractivity contribution in [2.45, 2.75) is 58.4 Å². The van der Waals surface area contributed by atoms with Gasteiger partial charge in [-0.25, -0.2) is 4.79 Å². The molecule has 0 aromatic heterocycles. The minimum absolute atomic E-state index is 0.0252. The molecule has 3 aliphatic rings. The lowest BCUT2D eigenvalue weighted by Crippen LogP contribution is -2.55. The van der Waals surface area contributed by atoms with Gasteiger partial charge in [-0.3, -0.25) is 14.5 Å². The number of hydrogen-bond donors (Lipinski definition) is 0. The zero-order valence-electron chi connectivity index (χ0n) is 16.9. The molecule has 0 saturated carbocycles. The largest absolute Gasteiger partial charge is 0.453 e. The molecule has 1 atom stereocenters. The second-order valence-corrected chi connectivity index (χ2v) is 8.85. The van der Waals surface area contributed by atoms with Crippen LogP contribution in [-0.4, -0.2) is 78.5 Å². The lowest BCUT2D eigenvalue weighted by molar-refractivity contribution is -0.139. The standard InChI is InChI=1S/C20H33N3O4/c1-15(2)13-22-14-20(12-17(22)24)7-10-21(11-8-20)18(25)16-6-4-5-9-23(16)19(26)27-3/h15-16H,4-14H2,1-3H3/t16-/m0/s1. The lowest BCUT2D eigenvalue weighted by atomic mass is 9.77. The van der Waals surface area contributed by atoms with Crippen molar-refractivity contribution in [3.63, 3.8) is 0 Å². The van der Waals surface area contributed by atoms with Gasteiger partial charge in [-0.2, -0.15) is 0 Å². The molecule has 1 spiro atoms. The van der Waals surface area contributed by atoms with Crippen LogP contribution in [0.4, 0.5) is 4.79 Å². The number of hydrogen-bond acceptors (Lipinski definition) is 4. The first kappa shape index (κ1) is 20.0. The fraction of sp³-hybridized carbons (Fsp3) is 0.850. The molecule has 3 saturated heterocycles. The molecule has 3 heterocycles. The minimum atomic E-state index is -0.410. The average molecular weight is 380 g/mol. The summed E-state index contributed by atoms with van der Waals surface area (Å²) in [5.41, 5.74) is 0.0252. The molecule has 0 radical (unpaired) electrons. The molecule has 27 heavy (non-hydrogen) atoms. The smallest absolute Gasteiger partial charge is 0.410 e. The van der Waals surface area contributed by atoms with E-state index in [1.54, 1.807) is 4.90 Å². The van der Waals surface area contributed by atoms with Crippen LogP contribution in [0.25, 0.3) is 0 Å². The Balaban J connectivity index is 1.59. The molecule has 3 rings (SSSR count). The van der Waals surface area contributed by atoms with E-state index in [2.05, 4.69) is 13.8 Å². The van der Waals surface area contributed by atoms with Crippen LogP contribution in [0.2, 0.25) is 0 Å². The minimum Gasteiger partial charge on any atom is -0.453 e. The Kier molecular flexibility index (Phi) is 5.96. The quantitative estimate of drug-likeness (QED) is 0.753. The predicted molar refractivity (Wildman–Crippen MR) is 101 cm³/mol. The monoisotopic (exact) mass is 379 g/mol. The Labute approximate surface area is 162 Å². The predicted octanol–water partition coefficient (Wildman–Crippen LogP) is 2.10. The number of likely N-dealkylation sites (tertiary alicyclic amines) is 3. The van der Waals surface area contributed by atoms with Crippen LogP contribution in [0.1, 0.15) is 52.4 Å². The maximum absolute atomic E-state index is 13.1. The zero-order chi connectivity index (χ0) is 19.6. The second-order valence-electron chi connectivity index (χ2n) is 8.85. The molecule has 0 N–H and O–H groups in total. The fourth-order valence-corrected chi connectivity index (χ4v) is 4.86. The molecule has 3 aliphatic heterocycles. The van der Waals surface area contributed by atoms with E-state index in [4.69, 9.17) is 4.74 Å². The highest BCUT2D eigenvalue weighted by Crippen LogP contribution is 2.41. The first-order valence-electron chi connectivity index (χ1n) is 10.3. The maximum Gasteiger partial charge on any atom is 0.410 e. The Morgan fingerprint density at radius 1 is 1.19 bits per heavy atom. The summed E-state index contributed by atoms with van der Waals surface area (Å²) in [4.78, 5) is 42.9. The Hall–Kier alpha value is -1.79. The Bertz CT molecular complexity index is 584. The van der Waals surface area contributed by atoms with Crippen LogP contribution in [0, 0.1) is 11.3 Å². The number of ether oxygens (including phenoxy) is 1. The topological polar surface area (TPSA) is 70.2 Å². The van der Waals surface area contributed by atoms with Crippen molar-refractivity contribution in [3.8, 4) is 0 Å². The van der Waals surface area contributed by atoms with Gasteiger partial charge in [0.2, 0.25) is 11.8 Å². The molecule has 0 aromatic rings. The van der Waals surface area contributed by atoms with Crippen LogP contribution < -0.4 is 0 Å². The fourth-order valence-electron chi connectivity index (χ4n) is 4.86. The summed E-state index contributed by atoms with van der Waals surface area (Å²) in [5, 5.41) is 0. The molecule has 0 unspecified atom stereocenters. The van der Waals surface area contributed by atoms with Gasteiger partial charge in [-0.15, -0.1) is 0 Å². The van der Waals surface area contributed by atoms with E-state index in [-0.39, 0.29) is 17.2 Å². The van der Waals surface area contributed by atoms with Crippen molar-refractivity contribution >= 4 is 17.9 Å². The van der Waals surface area contributed by atoms with E-state index < -0.39 is 12.1 Å². The van der Waals surface area contributed by atoms with Crippen molar-refractivity contribution in [2.24, 2.45) is 11.3 Å².